The first kappa shape index (κ1) is 18.4. The van der Waals surface area contributed by atoms with Gasteiger partial charge in [0.05, 0.1) is 0 Å². The number of benzene rings is 3. The summed E-state index contributed by atoms with van der Waals surface area (Å²) in [7, 11) is 0. The highest BCUT2D eigenvalue weighted by molar-refractivity contribution is 6.02. The maximum absolute atomic E-state index is 13.0. The molecule has 1 heterocycles. The molecule has 1 atom stereocenters. The Morgan fingerprint density at radius 1 is 0.867 bits per heavy atom. The van der Waals surface area contributed by atoms with E-state index >= 15 is 0 Å². The Labute approximate surface area is 175 Å². The van der Waals surface area contributed by atoms with Crippen LogP contribution in [0, 0.1) is 0 Å². The average Bonchev–Trinajstić information content (AvgIpc) is 3.49. The lowest BCUT2D eigenvalue weighted by molar-refractivity contribution is -0.124. The molecule has 148 valence electrons. The van der Waals surface area contributed by atoms with E-state index in [4.69, 9.17) is 4.74 Å². The minimum atomic E-state index is -0.560. The number of carbonyl (C=O) groups is 2. The van der Waals surface area contributed by atoms with Gasteiger partial charge in [-0.2, -0.15) is 0 Å². The van der Waals surface area contributed by atoms with Gasteiger partial charge in [0.2, 0.25) is 0 Å². The molecule has 5 rings (SSSR count). The maximum atomic E-state index is 13.0. The van der Waals surface area contributed by atoms with Gasteiger partial charge in [0.1, 0.15) is 11.6 Å². The Balaban J connectivity index is 1.36. The van der Waals surface area contributed by atoms with Crippen LogP contribution in [0.5, 0.6) is 0 Å². The maximum Gasteiger partial charge on any atom is 0.418 e. The lowest BCUT2D eigenvalue weighted by atomic mass is 9.99. The fourth-order valence-corrected chi connectivity index (χ4v) is 4.09. The minimum Gasteiger partial charge on any atom is -0.440 e. The van der Waals surface area contributed by atoms with Crippen LogP contribution in [0.3, 0.4) is 0 Å². The number of hydrogen-bond donors (Lipinski definition) is 0. The molecule has 1 spiro atoms. The van der Waals surface area contributed by atoms with Gasteiger partial charge in [-0.3, -0.25) is 4.79 Å². The summed E-state index contributed by atoms with van der Waals surface area (Å²) in [5, 5.41) is 0. The highest BCUT2D eigenvalue weighted by Crippen LogP contribution is 2.56. The van der Waals surface area contributed by atoms with Crippen LogP contribution in [-0.4, -0.2) is 22.5 Å². The van der Waals surface area contributed by atoms with Gasteiger partial charge in [-0.1, -0.05) is 84.9 Å². The zero-order valence-electron chi connectivity index (χ0n) is 16.4. The summed E-state index contributed by atoms with van der Waals surface area (Å²) < 4.78 is 5.61. The van der Waals surface area contributed by atoms with Gasteiger partial charge >= 0.3 is 6.09 Å². The van der Waals surface area contributed by atoms with E-state index in [-0.39, 0.29) is 11.9 Å². The molecule has 0 unspecified atom stereocenters. The quantitative estimate of drug-likeness (QED) is 0.539. The standard InChI is InChI=1S/C26H21NO3/c28-23(16-13-19-11-14-21(15-12-19)20-7-3-1-4-8-20)27-24(22-9-5-2-6-10-22)26(17-18-26)30-25(27)29/h1-16,24H,17-18H2/b16-13+/t24-/m1/s1. The number of ether oxygens (including phenoxy) is 1. The minimum absolute atomic E-state index is 0.357. The third kappa shape index (κ3) is 3.30. The van der Waals surface area contributed by atoms with Gasteiger partial charge in [0.25, 0.3) is 5.91 Å². The number of carbonyl (C=O) groups excluding carboxylic acids is 2. The summed E-state index contributed by atoms with van der Waals surface area (Å²) in [5.41, 5.74) is 3.52. The van der Waals surface area contributed by atoms with Crippen LogP contribution in [0.4, 0.5) is 4.79 Å². The number of nitrogens with zero attached hydrogens (tertiary/aromatic N) is 1. The molecule has 1 saturated heterocycles. The van der Waals surface area contributed by atoms with E-state index in [9.17, 15) is 9.59 Å². The van der Waals surface area contributed by atoms with Crippen molar-refractivity contribution < 1.29 is 14.3 Å². The fraction of sp³-hybridized carbons (Fsp3) is 0.154. The molecule has 0 aromatic heterocycles. The van der Waals surface area contributed by atoms with Gasteiger partial charge < -0.3 is 4.74 Å². The Kier molecular flexibility index (Phi) is 4.47. The molecule has 3 aromatic carbocycles. The van der Waals surface area contributed by atoms with Crippen molar-refractivity contribution in [2.75, 3.05) is 0 Å². The van der Waals surface area contributed by atoms with E-state index in [0.717, 1.165) is 35.1 Å². The predicted molar refractivity (Wildman–Crippen MR) is 115 cm³/mol. The Hall–Kier alpha value is -3.66. The van der Waals surface area contributed by atoms with Crippen LogP contribution in [0.1, 0.15) is 30.0 Å². The summed E-state index contributed by atoms with van der Waals surface area (Å²) in [6.45, 7) is 0. The third-order valence-electron chi connectivity index (χ3n) is 5.78. The Morgan fingerprint density at radius 2 is 1.47 bits per heavy atom. The second-order valence-corrected chi connectivity index (χ2v) is 7.78. The highest BCUT2D eigenvalue weighted by atomic mass is 16.6. The van der Waals surface area contributed by atoms with Crippen LogP contribution in [0.15, 0.2) is 91.0 Å². The van der Waals surface area contributed by atoms with Crippen molar-refractivity contribution in [2.45, 2.75) is 24.5 Å². The van der Waals surface area contributed by atoms with E-state index in [1.165, 1.54) is 11.0 Å². The Morgan fingerprint density at radius 3 is 2.10 bits per heavy atom. The zero-order chi connectivity index (χ0) is 20.6. The van der Waals surface area contributed by atoms with Crippen molar-refractivity contribution in [3.05, 3.63) is 102 Å². The van der Waals surface area contributed by atoms with E-state index in [1.54, 1.807) is 6.08 Å². The first-order valence-corrected chi connectivity index (χ1v) is 10.1. The third-order valence-corrected chi connectivity index (χ3v) is 5.78. The molecule has 2 amide bonds. The number of hydrogen-bond acceptors (Lipinski definition) is 3. The summed E-state index contributed by atoms with van der Waals surface area (Å²) in [6, 6.07) is 27.4. The molecule has 2 aliphatic rings. The largest absolute Gasteiger partial charge is 0.440 e. The molecule has 4 heteroatoms. The van der Waals surface area contributed by atoms with Crippen molar-refractivity contribution in [3.8, 4) is 11.1 Å². The summed E-state index contributed by atoms with van der Waals surface area (Å²) in [5.74, 6) is -0.357. The van der Waals surface area contributed by atoms with Crippen molar-refractivity contribution >= 4 is 18.1 Å². The number of imide groups is 1. The molecule has 1 aliphatic heterocycles. The van der Waals surface area contributed by atoms with Crippen LogP contribution in [-0.2, 0) is 9.53 Å². The molecule has 1 aliphatic carbocycles. The fourth-order valence-electron chi connectivity index (χ4n) is 4.09. The monoisotopic (exact) mass is 395 g/mol. The molecule has 1 saturated carbocycles. The molecule has 3 aromatic rings. The van der Waals surface area contributed by atoms with E-state index in [2.05, 4.69) is 12.1 Å². The second-order valence-electron chi connectivity index (χ2n) is 7.78. The summed E-state index contributed by atoms with van der Waals surface area (Å²) in [6.07, 6.45) is 4.20. The van der Waals surface area contributed by atoms with Crippen molar-refractivity contribution in [2.24, 2.45) is 0 Å². The molecule has 30 heavy (non-hydrogen) atoms. The van der Waals surface area contributed by atoms with Crippen LogP contribution in [0.25, 0.3) is 17.2 Å². The van der Waals surface area contributed by atoms with Crippen molar-refractivity contribution in [1.29, 1.82) is 0 Å². The summed E-state index contributed by atoms with van der Waals surface area (Å²) in [4.78, 5) is 26.7. The molecule has 0 N–H and O–H groups in total. The first-order valence-electron chi connectivity index (χ1n) is 10.1. The number of rotatable bonds is 4. The van der Waals surface area contributed by atoms with Gasteiger partial charge in [-0.05, 0) is 41.2 Å². The zero-order valence-corrected chi connectivity index (χ0v) is 16.4. The molecule has 0 radical (unpaired) electrons. The van der Waals surface area contributed by atoms with E-state index in [1.807, 2.05) is 72.8 Å². The van der Waals surface area contributed by atoms with Crippen LogP contribution < -0.4 is 0 Å². The molecule has 4 nitrogen and oxygen atoms in total. The summed E-state index contributed by atoms with van der Waals surface area (Å²) >= 11 is 0. The normalized spacial score (nSPS) is 19.3. The molecule has 2 fully saturated rings. The van der Waals surface area contributed by atoms with Gasteiger partial charge in [-0.15, -0.1) is 0 Å². The average molecular weight is 395 g/mol. The van der Waals surface area contributed by atoms with E-state index in [0.29, 0.717) is 0 Å². The van der Waals surface area contributed by atoms with Gasteiger partial charge in [-0.25, -0.2) is 9.69 Å². The van der Waals surface area contributed by atoms with Crippen molar-refractivity contribution in [3.63, 3.8) is 0 Å². The topological polar surface area (TPSA) is 46.6 Å². The predicted octanol–water partition coefficient (Wildman–Crippen LogP) is 5.62. The smallest absolute Gasteiger partial charge is 0.418 e. The molecule has 0 bridgehead atoms. The van der Waals surface area contributed by atoms with Gasteiger partial charge in [0, 0.05) is 6.08 Å². The first-order chi connectivity index (χ1) is 14.7. The molecular formula is C26H21NO3. The van der Waals surface area contributed by atoms with E-state index < -0.39 is 11.7 Å². The molecular weight excluding hydrogens is 374 g/mol. The van der Waals surface area contributed by atoms with Gasteiger partial charge in [0.15, 0.2) is 0 Å². The lowest BCUT2D eigenvalue weighted by Crippen LogP contribution is -2.34. The van der Waals surface area contributed by atoms with Crippen molar-refractivity contribution in [1.82, 2.24) is 4.90 Å². The van der Waals surface area contributed by atoms with Crippen LogP contribution >= 0.6 is 0 Å². The van der Waals surface area contributed by atoms with Crippen LogP contribution in [0.2, 0.25) is 0 Å². The highest BCUT2D eigenvalue weighted by Gasteiger charge is 2.63. The Bertz CT molecular complexity index is 1100. The lowest BCUT2D eigenvalue weighted by Gasteiger charge is -2.22. The SMILES string of the molecule is O=C(/C=C/c1ccc(-c2ccccc2)cc1)N1C(=O)OC2(CC2)[C@H]1c1ccccc1. The second kappa shape index (κ2) is 7.30. The number of amides is 2.